The Morgan fingerprint density at radius 3 is 2.68 bits per heavy atom. The van der Waals surface area contributed by atoms with Crippen molar-refractivity contribution in [3.8, 4) is 0 Å². The highest BCUT2D eigenvalue weighted by atomic mass is 35.5. The average Bonchev–Trinajstić information content (AvgIpc) is 2.76. The molecule has 0 spiro atoms. The summed E-state index contributed by atoms with van der Waals surface area (Å²) in [7, 11) is 0. The predicted octanol–water partition coefficient (Wildman–Crippen LogP) is 0.467. The van der Waals surface area contributed by atoms with Gasteiger partial charge in [0.15, 0.2) is 0 Å². The van der Waals surface area contributed by atoms with E-state index in [0.717, 1.165) is 0 Å². The van der Waals surface area contributed by atoms with Gasteiger partial charge in [0, 0.05) is 19.5 Å². The zero-order chi connectivity index (χ0) is 15.1. The molecule has 2 aliphatic rings. The van der Waals surface area contributed by atoms with Crippen LogP contribution in [0.25, 0.3) is 0 Å². The minimum absolute atomic E-state index is 0. The number of hydrogen-bond acceptors (Lipinski definition) is 4. The van der Waals surface area contributed by atoms with E-state index in [1.807, 2.05) is 0 Å². The summed E-state index contributed by atoms with van der Waals surface area (Å²) in [6.07, 6.45) is 0.433. The molecule has 118 valence electrons. The van der Waals surface area contributed by atoms with E-state index in [4.69, 9.17) is 5.73 Å². The van der Waals surface area contributed by atoms with Gasteiger partial charge in [-0.1, -0.05) is 6.07 Å². The summed E-state index contributed by atoms with van der Waals surface area (Å²) >= 11 is 0. The van der Waals surface area contributed by atoms with E-state index in [1.54, 1.807) is 6.07 Å². The Morgan fingerprint density at radius 1 is 1.32 bits per heavy atom. The van der Waals surface area contributed by atoms with Gasteiger partial charge in [0.05, 0.1) is 5.56 Å². The molecule has 22 heavy (non-hydrogen) atoms. The molecule has 1 atom stereocenters. The molecule has 1 aromatic carbocycles. The SMILES string of the molecule is Cl.NCc1cc(F)c2c(c1)CN(C1CCC(=O)NC1=O)C2=O. The molecule has 1 fully saturated rings. The van der Waals surface area contributed by atoms with Crippen LogP contribution in [0.15, 0.2) is 12.1 Å². The highest BCUT2D eigenvalue weighted by Gasteiger charge is 2.40. The van der Waals surface area contributed by atoms with Crippen molar-refractivity contribution >= 4 is 30.1 Å². The van der Waals surface area contributed by atoms with Crippen LogP contribution in [0.4, 0.5) is 4.39 Å². The number of hydrogen-bond donors (Lipinski definition) is 2. The Morgan fingerprint density at radius 2 is 2.05 bits per heavy atom. The van der Waals surface area contributed by atoms with Crippen LogP contribution >= 0.6 is 12.4 Å². The normalized spacial score (nSPS) is 20.5. The molecule has 2 heterocycles. The molecule has 2 aliphatic heterocycles. The summed E-state index contributed by atoms with van der Waals surface area (Å²) in [5, 5.41) is 2.21. The van der Waals surface area contributed by atoms with Gasteiger partial charge in [-0.05, 0) is 23.6 Å². The molecule has 0 bridgehead atoms. The second-order valence-corrected chi connectivity index (χ2v) is 5.22. The van der Waals surface area contributed by atoms with Crippen molar-refractivity contribution in [2.75, 3.05) is 0 Å². The third kappa shape index (κ3) is 2.57. The lowest BCUT2D eigenvalue weighted by Crippen LogP contribution is -2.52. The van der Waals surface area contributed by atoms with Crippen molar-refractivity contribution in [2.24, 2.45) is 5.73 Å². The number of amides is 3. The summed E-state index contributed by atoms with van der Waals surface area (Å²) in [4.78, 5) is 36.7. The Labute approximate surface area is 132 Å². The Balaban J connectivity index is 0.00000176. The maximum Gasteiger partial charge on any atom is 0.258 e. The van der Waals surface area contributed by atoms with Crippen LogP contribution in [0.5, 0.6) is 0 Å². The number of carbonyl (C=O) groups is 3. The largest absolute Gasteiger partial charge is 0.326 e. The third-order valence-corrected chi connectivity index (χ3v) is 3.87. The van der Waals surface area contributed by atoms with Gasteiger partial charge in [-0.3, -0.25) is 19.7 Å². The summed E-state index contributed by atoms with van der Waals surface area (Å²) in [5.74, 6) is -1.99. The van der Waals surface area contributed by atoms with Crippen molar-refractivity contribution in [1.82, 2.24) is 10.2 Å². The topological polar surface area (TPSA) is 92.5 Å². The minimum Gasteiger partial charge on any atom is -0.326 e. The molecule has 3 rings (SSSR count). The van der Waals surface area contributed by atoms with Gasteiger partial charge in [0.2, 0.25) is 11.8 Å². The van der Waals surface area contributed by atoms with Gasteiger partial charge in [-0.2, -0.15) is 0 Å². The molecule has 6 nitrogen and oxygen atoms in total. The fourth-order valence-corrected chi connectivity index (χ4v) is 2.84. The molecular formula is C14H15ClFN3O3. The Kier molecular flexibility index (Phi) is 4.48. The number of piperidine rings is 1. The lowest BCUT2D eigenvalue weighted by molar-refractivity contribution is -0.136. The number of rotatable bonds is 2. The lowest BCUT2D eigenvalue weighted by Gasteiger charge is -2.29. The molecule has 1 unspecified atom stereocenters. The van der Waals surface area contributed by atoms with Crippen LogP contribution in [-0.4, -0.2) is 28.7 Å². The molecule has 1 saturated heterocycles. The van der Waals surface area contributed by atoms with E-state index < -0.39 is 23.7 Å². The van der Waals surface area contributed by atoms with Gasteiger partial charge in [0.1, 0.15) is 11.9 Å². The highest BCUT2D eigenvalue weighted by Crippen LogP contribution is 2.30. The lowest BCUT2D eigenvalue weighted by atomic mass is 10.0. The first-order valence-electron chi connectivity index (χ1n) is 6.67. The molecule has 0 aromatic heterocycles. The monoisotopic (exact) mass is 327 g/mol. The first-order chi connectivity index (χ1) is 10.0. The van der Waals surface area contributed by atoms with Gasteiger partial charge in [0.25, 0.3) is 5.91 Å². The van der Waals surface area contributed by atoms with Crippen LogP contribution in [0, 0.1) is 5.82 Å². The molecule has 3 N–H and O–H groups in total. The maximum absolute atomic E-state index is 14.0. The molecule has 8 heteroatoms. The van der Waals surface area contributed by atoms with Gasteiger partial charge >= 0.3 is 0 Å². The van der Waals surface area contributed by atoms with Gasteiger partial charge < -0.3 is 10.6 Å². The number of imide groups is 1. The predicted molar refractivity (Wildman–Crippen MR) is 77.6 cm³/mol. The summed E-state index contributed by atoms with van der Waals surface area (Å²) in [6.45, 7) is 0.335. The summed E-state index contributed by atoms with van der Waals surface area (Å²) in [5.41, 5.74) is 6.63. The average molecular weight is 328 g/mol. The summed E-state index contributed by atoms with van der Waals surface area (Å²) in [6, 6.07) is 2.19. The van der Waals surface area contributed by atoms with E-state index in [9.17, 15) is 18.8 Å². The van der Waals surface area contributed by atoms with Crippen LogP contribution in [-0.2, 0) is 22.7 Å². The molecule has 0 saturated carbocycles. The number of nitrogens with one attached hydrogen (secondary N) is 1. The molecule has 1 aromatic rings. The van der Waals surface area contributed by atoms with E-state index >= 15 is 0 Å². The zero-order valence-electron chi connectivity index (χ0n) is 11.6. The first kappa shape index (κ1) is 16.4. The molecule has 0 aliphatic carbocycles. The quantitative estimate of drug-likeness (QED) is 0.772. The standard InChI is InChI=1S/C14H14FN3O3.ClH/c15-9-4-7(5-16)3-8-6-18(14(21)12(8)9)10-1-2-11(19)17-13(10)20;/h3-4,10H,1-2,5-6,16H2,(H,17,19,20);1H. The van der Waals surface area contributed by atoms with Crippen LogP contribution in [0.2, 0.25) is 0 Å². The first-order valence-corrected chi connectivity index (χ1v) is 6.67. The number of benzene rings is 1. The number of nitrogens with two attached hydrogens (primary N) is 1. The van der Waals surface area contributed by atoms with E-state index in [-0.39, 0.29) is 49.8 Å². The fraction of sp³-hybridized carbons (Fsp3) is 0.357. The minimum atomic E-state index is -0.733. The van der Waals surface area contributed by atoms with E-state index in [1.165, 1.54) is 11.0 Å². The fourth-order valence-electron chi connectivity index (χ4n) is 2.84. The van der Waals surface area contributed by atoms with Crippen molar-refractivity contribution in [2.45, 2.75) is 32.0 Å². The van der Waals surface area contributed by atoms with Gasteiger partial charge in [-0.15, -0.1) is 12.4 Å². The molecular weight excluding hydrogens is 313 g/mol. The van der Waals surface area contributed by atoms with Crippen LogP contribution < -0.4 is 11.1 Å². The van der Waals surface area contributed by atoms with Crippen molar-refractivity contribution < 1.29 is 18.8 Å². The Bertz CT molecular complexity index is 665. The van der Waals surface area contributed by atoms with Crippen molar-refractivity contribution in [3.05, 3.63) is 34.6 Å². The molecule has 3 amide bonds. The third-order valence-electron chi connectivity index (χ3n) is 3.87. The van der Waals surface area contributed by atoms with E-state index in [0.29, 0.717) is 11.1 Å². The van der Waals surface area contributed by atoms with E-state index in [2.05, 4.69) is 5.32 Å². The smallest absolute Gasteiger partial charge is 0.258 e. The highest BCUT2D eigenvalue weighted by molar-refractivity contribution is 6.05. The van der Waals surface area contributed by atoms with Crippen LogP contribution in [0.3, 0.4) is 0 Å². The number of halogens is 2. The van der Waals surface area contributed by atoms with Crippen molar-refractivity contribution in [3.63, 3.8) is 0 Å². The zero-order valence-corrected chi connectivity index (χ0v) is 12.4. The van der Waals surface area contributed by atoms with Crippen LogP contribution in [0.1, 0.15) is 34.3 Å². The number of nitrogens with zero attached hydrogens (tertiary/aromatic N) is 1. The molecule has 0 radical (unpaired) electrons. The van der Waals surface area contributed by atoms with Crippen molar-refractivity contribution in [1.29, 1.82) is 0 Å². The number of carbonyl (C=O) groups excluding carboxylic acids is 3. The Hall–Kier alpha value is -1.99. The second-order valence-electron chi connectivity index (χ2n) is 5.22. The second kappa shape index (κ2) is 6.02. The summed E-state index contributed by atoms with van der Waals surface area (Å²) < 4.78 is 14.0. The number of fused-ring (bicyclic) bond motifs is 1. The van der Waals surface area contributed by atoms with Gasteiger partial charge in [-0.25, -0.2) is 4.39 Å². The maximum atomic E-state index is 14.0.